The molecule has 7 heteroatoms. The van der Waals surface area contributed by atoms with E-state index in [0.717, 1.165) is 52.7 Å². The second-order valence-corrected chi connectivity index (χ2v) is 10.4. The fourth-order valence-corrected chi connectivity index (χ4v) is 4.81. The molecule has 0 aliphatic heterocycles. The van der Waals surface area contributed by atoms with Crippen LogP contribution in [-0.2, 0) is 11.3 Å². The summed E-state index contributed by atoms with van der Waals surface area (Å²) in [4.78, 5) is 26.7. The average molecular weight is 546 g/mol. The summed E-state index contributed by atoms with van der Waals surface area (Å²) in [5.41, 5.74) is 5.24. The zero-order chi connectivity index (χ0) is 27.8. The number of furan rings is 1. The minimum atomic E-state index is -0.198. The summed E-state index contributed by atoms with van der Waals surface area (Å²) in [6, 6.07) is 20.8. The maximum absolute atomic E-state index is 13.5. The Labute approximate surface area is 235 Å². The largest absolute Gasteiger partial charge is 0.459 e. The number of nitrogens with zero attached hydrogens (tertiary/aromatic N) is 1. The van der Waals surface area contributed by atoms with Gasteiger partial charge < -0.3 is 20.0 Å². The maximum Gasteiger partial charge on any atom is 0.322 e. The Hall–Kier alpha value is -3.77. The number of fused-ring (bicyclic) bond motifs is 1. The molecule has 6 nitrogen and oxygen atoms in total. The van der Waals surface area contributed by atoms with Crippen molar-refractivity contribution in [3.8, 4) is 11.1 Å². The average Bonchev–Trinajstić information content (AvgIpc) is 3.26. The van der Waals surface area contributed by atoms with Gasteiger partial charge in [-0.05, 0) is 67.4 Å². The van der Waals surface area contributed by atoms with Crippen molar-refractivity contribution in [1.29, 1.82) is 0 Å². The SMILES string of the molecule is CCCCCCCN(Cc1oc2ccc(C)cc2c1-c1ccc(Cl)cc1)C(=O)Nc1ccc(NC(C)=O)cc1. The second-order valence-electron chi connectivity index (χ2n) is 9.93. The van der Waals surface area contributed by atoms with Crippen LogP contribution in [0.2, 0.25) is 5.02 Å². The lowest BCUT2D eigenvalue weighted by Crippen LogP contribution is -2.35. The molecule has 0 spiro atoms. The van der Waals surface area contributed by atoms with Crippen LogP contribution in [-0.4, -0.2) is 23.4 Å². The number of rotatable bonds is 11. The van der Waals surface area contributed by atoms with Gasteiger partial charge in [-0.3, -0.25) is 4.79 Å². The first-order valence-electron chi connectivity index (χ1n) is 13.6. The van der Waals surface area contributed by atoms with Gasteiger partial charge in [-0.15, -0.1) is 0 Å². The molecular weight excluding hydrogens is 510 g/mol. The van der Waals surface area contributed by atoms with Gasteiger partial charge in [0.2, 0.25) is 5.91 Å². The molecular formula is C32H36ClN3O3. The molecule has 0 unspecified atom stereocenters. The first-order valence-corrected chi connectivity index (χ1v) is 13.9. The lowest BCUT2D eigenvalue weighted by Gasteiger charge is -2.23. The smallest absolute Gasteiger partial charge is 0.322 e. The summed E-state index contributed by atoms with van der Waals surface area (Å²) >= 11 is 6.18. The van der Waals surface area contributed by atoms with E-state index in [2.05, 4.69) is 30.5 Å². The number of unbranched alkanes of at least 4 members (excludes halogenated alkanes) is 4. The van der Waals surface area contributed by atoms with E-state index in [9.17, 15) is 9.59 Å². The second kappa shape index (κ2) is 13.3. The number of nitrogens with one attached hydrogen (secondary N) is 2. The van der Waals surface area contributed by atoms with Crippen molar-refractivity contribution < 1.29 is 14.0 Å². The molecule has 0 radical (unpaired) electrons. The van der Waals surface area contributed by atoms with Gasteiger partial charge in [0.05, 0.1) is 6.54 Å². The number of anilines is 2. The Kier molecular flexibility index (Phi) is 9.66. The van der Waals surface area contributed by atoms with E-state index in [0.29, 0.717) is 29.5 Å². The fourth-order valence-electron chi connectivity index (χ4n) is 4.68. The molecule has 0 aliphatic carbocycles. The molecule has 0 saturated carbocycles. The van der Waals surface area contributed by atoms with Crippen molar-refractivity contribution in [2.45, 2.75) is 59.4 Å². The van der Waals surface area contributed by atoms with Gasteiger partial charge in [0.25, 0.3) is 0 Å². The molecule has 1 aromatic heterocycles. The van der Waals surface area contributed by atoms with Crippen molar-refractivity contribution >= 4 is 45.9 Å². The Morgan fingerprint density at radius 3 is 2.21 bits per heavy atom. The van der Waals surface area contributed by atoms with Gasteiger partial charge in [-0.1, -0.05) is 68.0 Å². The highest BCUT2D eigenvalue weighted by Crippen LogP contribution is 2.37. The number of aryl methyl sites for hydroxylation is 1. The summed E-state index contributed by atoms with van der Waals surface area (Å²) in [5, 5.41) is 7.45. The topological polar surface area (TPSA) is 74.6 Å². The zero-order valence-electron chi connectivity index (χ0n) is 22.9. The highest BCUT2D eigenvalue weighted by Gasteiger charge is 2.22. The minimum absolute atomic E-state index is 0.140. The van der Waals surface area contributed by atoms with Crippen LogP contribution in [0.3, 0.4) is 0 Å². The molecule has 39 heavy (non-hydrogen) atoms. The lowest BCUT2D eigenvalue weighted by atomic mass is 10.0. The standard InChI is InChI=1S/C32H36ClN3O3/c1-4-5-6-7-8-19-36(32(38)35-27-16-14-26(15-17-27)34-23(3)37)21-30-31(24-10-12-25(33)13-11-24)28-20-22(2)9-18-29(28)39-30/h9-18,20H,4-8,19,21H2,1-3H3,(H,34,37)(H,35,38). The molecule has 4 aromatic rings. The molecule has 0 bridgehead atoms. The van der Waals surface area contributed by atoms with Gasteiger partial charge in [-0.2, -0.15) is 0 Å². The number of halogens is 1. The van der Waals surface area contributed by atoms with Gasteiger partial charge in [0.15, 0.2) is 0 Å². The highest BCUT2D eigenvalue weighted by molar-refractivity contribution is 6.30. The number of hydrogen-bond donors (Lipinski definition) is 2. The molecule has 0 atom stereocenters. The summed E-state index contributed by atoms with van der Waals surface area (Å²) in [5.74, 6) is 0.598. The molecule has 0 saturated heterocycles. The summed E-state index contributed by atoms with van der Waals surface area (Å²) in [6.07, 6.45) is 5.48. The van der Waals surface area contributed by atoms with Crippen molar-refractivity contribution in [2.24, 2.45) is 0 Å². The van der Waals surface area contributed by atoms with Crippen molar-refractivity contribution in [2.75, 3.05) is 17.2 Å². The van der Waals surface area contributed by atoms with Crippen molar-refractivity contribution in [3.63, 3.8) is 0 Å². The number of benzene rings is 3. The molecule has 1 heterocycles. The van der Waals surface area contributed by atoms with E-state index in [1.807, 2.05) is 41.3 Å². The predicted octanol–water partition coefficient (Wildman–Crippen LogP) is 9.02. The van der Waals surface area contributed by atoms with Crippen molar-refractivity contribution in [1.82, 2.24) is 4.90 Å². The first kappa shape index (κ1) is 28.2. The van der Waals surface area contributed by atoms with E-state index >= 15 is 0 Å². The highest BCUT2D eigenvalue weighted by atomic mass is 35.5. The van der Waals surface area contributed by atoms with Crippen LogP contribution < -0.4 is 10.6 Å². The summed E-state index contributed by atoms with van der Waals surface area (Å²) < 4.78 is 6.37. The third-order valence-electron chi connectivity index (χ3n) is 6.66. The van der Waals surface area contributed by atoms with Gasteiger partial charge in [-0.25, -0.2) is 4.79 Å². The monoisotopic (exact) mass is 545 g/mol. The van der Waals surface area contributed by atoms with Gasteiger partial charge in [0.1, 0.15) is 11.3 Å². The first-order chi connectivity index (χ1) is 18.8. The normalized spacial score (nSPS) is 11.0. The van der Waals surface area contributed by atoms with E-state index in [-0.39, 0.29) is 11.9 Å². The number of urea groups is 1. The molecule has 3 aromatic carbocycles. The Morgan fingerprint density at radius 1 is 0.872 bits per heavy atom. The van der Waals surface area contributed by atoms with Crippen molar-refractivity contribution in [3.05, 3.63) is 83.1 Å². The van der Waals surface area contributed by atoms with E-state index < -0.39 is 0 Å². The molecule has 204 valence electrons. The molecule has 0 fully saturated rings. The molecule has 3 amide bonds. The predicted molar refractivity (Wildman–Crippen MR) is 160 cm³/mol. The van der Waals surface area contributed by atoms with Crippen LogP contribution in [0.1, 0.15) is 57.3 Å². The Balaban J connectivity index is 1.62. The maximum atomic E-state index is 13.5. The Morgan fingerprint density at radius 2 is 1.54 bits per heavy atom. The lowest BCUT2D eigenvalue weighted by molar-refractivity contribution is -0.114. The van der Waals surface area contributed by atoms with Crippen LogP contribution in [0.4, 0.5) is 16.2 Å². The Bertz CT molecular complexity index is 1410. The van der Waals surface area contributed by atoms with Crippen LogP contribution in [0.5, 0.6) is 0 Å². The van der Waals surface area contributed by atoms with Gasteiger partial charge >= 0.3 is 6.03 Å². The van der Waals surface area contributed by atoms with E-state index in [1.54, 1.807) is 24.3 Å². The summed E-state index contributed by atoms with van der Waals surface area (Å²) in [6.45, 7) is 6.65. The quantitative estimate of drug-likeness (QED) is 0.185. The van der Waals surface area contributed by atoms with Crippen LogP contribution in [0, 0.1) is 6.92 Å². The molecule has 2 N–H and O–H groups in total. The van der Waals surface area contributed by atoms with E-state index in [1.165, 1.54) is 19.8 Å². The third kappa shape index (κ3) is 7.64. The number of carbonyl (C=O) groups is 2. The van der Waals surface area contributed by atoms with Gasteiger partial charge in [0, 0.05) is 40.8 Å². The van der Waals surface area contributed by atoms with E-state index in [4.69, 9.17) is 16.0 Å². The molecule has 4 rings (SSSR count). The summed E-state index contributed by atoms with van der Waals surface area (Å²) in [7, 11) is 0. The zero-order valence-corrected chi connectivity index (χ0v) is 23.6. The number of carbonyl (C=O) groups excluding carboxylic acids is 2. The third-order valence-corrected chi connectivity index (χ3v) is 6.91. The van der Waals surface area contributed by atoms with Crippen LogP contribution in [0.25, 0.3) is 22.1 Å². The van der Waals surface area contributed by atoms with Crippen LogP contribution >= 0.6 is 11.6 Å². The number of hydrogen-bond acceptors (Lipinski definition) is 3. The number of amides is 3. The molecule has 0 aliphatic rings. The minimum Gasteiger partial charge on any atom is -0.459 e. The van der Waals surface area contributed by atoms with Crippen LogP contribution in [0.15, 0.2) is 71.1 Å². The fraction of sp³-hybridized carbons (Fsp3) is 0.312.